The van der Waals surface area contributed by atoms with Gasteiger partial charge in [-0.15, -0.1) is 0 Å². The third-order valence-electron chi connectivity index (χ3n) is 5.35. The van der Waals surface area contributed by atoms with Gasteiger partial charge in [0.05, 0.1) is 7.11 Å². The van der Waals surface area contributed by atoms with Crippen molar-refractivity contribution >= 4 is 29.2 Å². The van der Waals surface area contributed by atoms with Crippen LogP contribution in [0.1, 0.15) is 11.1 Å². The fourth-order valence-corrected chi connectivity index (χ4v) is 3.79. The molecule has 4 aromatic rings. The minimum Gasteiger partial charge on any atom is -0.496 e. The smallest absolute Gasteiger partial charge is 0.241 e. The number of rotatable bonds is 6. The molecular weight excluding hydrogens is 408 g/mol. The van der Waals surface area contributed by atoms with Crippen molar-refractivity contribution in [2.45, 2.75) is 0 Å². The lowest BCUT2D eigenvalue weighted by Crippen LogP contribution is -2.43. The first kappa shape index (κ1) is 21.5. The van der Waals surface area contributed by atoms with E-state index in [1.54, 1.807) is 43.5 Å². The van der Waals surface area contributed by atoms with Crippen molar-refractivity contribution in [2.24, 2.45) is 0 Å². The van der Waals surface area contributed by atoms with Gasteiger partial charge < -0.3 is 4.74 Å². The second-order valence-electron chi connectivity index (χ2n) is 7.38. The first-order chi connectivity index (χ1) is 15.5. The van der Waals surface area contributed by atoms with Crippen LogP contribution in [0.4, 0.5) is 13.2 Å². The maximum atomic E-state index is 13.7. The lowest BCUT2D eigenvalue weighted by Gasteiger charge is -2.20. The summed E-state index contributed by atoms with van der Waals surface area (Å²) in [6.45, 7) is -0.355. The van der Waals surface area contributed by atoms with Crippen LogP contribution in [0.25, 0.3) is 11.5 Å². The molecule has 0 amide bonds. The monoisotopic (exact) mass is 428 g/mol. The second kappa shape index (κ2) is 9.61. The van der Waals surface area contributed by atoms with Gasteiger partial charge in [0.2, 0.25) is 6.71 Å². The van der Waals surface area contributed by atoms with E-state index in [4.69, 9.17) is 4.74 Å². The lowest BCUT2D eigenvalue weighted by molar-refractivity contribution is 0.414. The molecule has 5 heteroatoms. The van der Waals surface area contributed by atoms with Crippen LogP contribution in [0, 0.1) is 17.5 Å². The fraction of sp³-hybridized carbons (Fsp3) is 0.0370. The Labute approximate surface area is 185 Å². The molecule has 158 valence electrons. The van der Waals surface area contributed by atoms with Gasteiger partial charge in [-0.1, -0.05) is 77.1 Å². The van der Waals surface area contributed by atoms with Gasteiger partial charge in [-0.05, 0) is 48.0 Å². The fourth-order valence-electron chi connectivity index (χ4n) is 3.79. The lowest BCUT2D eigenvalue weighted by atomic mass is 9.35. The van der Waals surface area contributed by atoms with E-state index >= 15 is 0 Å². The molecule has 4 aromatic carbocycles. The predicted octanol–water partition coefficient (Wildman–Crippen LogP) is 5.50. The molecular formula is C27H20BF3O. The van der Waals surface area contributed by atoms with Gasteiger partial charge in [0.15, 0.2) is 0 Å². The molecule has 0 aliphatic rings. The molecule has 0 N–H and O–H groups in total. The van der Waals surface area contributed by atoms with Crippen molar-refractivity contribution in [1.29, 1.82) is 0 Å². The Morgan fingerprint density at radius 2 is 1.12 bits per heavy atom. The van der Waals surface area contributed by atoms with Gasteiger partial charge in [-0.25, -0.2) is 13.2 Å². The highest BCUT2D eigenvalue weighted by Gasteiger charge is 2.26. The number of halogens is 3. The van der Waals surface area contributed by atoms with Crippen LogP contribution < -0.4 is 15.7 Å². The molecule has 0 saturated carbocycles. The third kappa shape index (κ3) is 4.78. The van der Waals surface area contributed by atoms with Crippen molar-refractivity contribution in [2.75, 3.05) is 7.11 Å². The average Bonchev–Trinajstić information content (AvgIpc) is 2.82. The largest absolute Gasteiger partial charge is 0.496 e. The molecule has 0 bridgehead atoms. The molecule has 0 aromatic heterocycles. The molecule has 1 nitrogen and oxygen atoms in total. The minimum absolute atomic E-state index is 0.342. The second-order valence-corrected chi connectivity index (χ2v) is 7.38. The summed E-state index contributed by atoms with van der Waals surface area (Å²) in [7, 11) is 1.60. The van der Waals surface area contributed by atoms with E-state index in [9.17, 15) is 13.2 Å². The van der Waals surface area contributed by atoms with Crippen LogP contribution in [0.3, 0.4) is 0 Å². The normalized spacial score (nSPS) is 11.3. The number of para-hydroxylation sites is 1. The van der Waals surface area contributed by atoms with Crippen molar-refractivity contribution in [3.8, 4) is 5.75 Å². The summed E-state index contributed by atoms with van der Waals surface area (Å²) in [5.41, 5.74) is 4.11. The summed E-state index contributed by atoms with van der Waals surface area (Å²) < 4.78 is 46.6. The Hall–Kier alpha value is -3.73. The zero-order chi connectivity index (χ0) is 22.5. The summed E-state index contributed by atoms with van der Waals surface area (Å²) >= 11 is 0. The van der Waals surface area contributed by atoms with Crippen molar-refractivity contribution < 1.29 is 17.9 Å². The van der Waals surface area contributed by atoms with Gasteiger partial charge in [0.25, 0.3) is 0 Å². The summed E-state index contributed by atoms with van der Waals surface area (Å²) in [4.78, 5) is 0. The topological polar surface area (TPSA) is 9.23 Å². The Bertz CT molecular complexity index is 1170. The van der Waals surface area contributed by atoms with Crippen molar-refractivity contribution in [1.82, 2.24) is 0 Å². The van der Waals surface area contributed by atoms with E-state index in [-0.39, 0.29) is 24.2 Å². The van der Waals surface area contributed by atoms with Crippen molar-refractivity contribution in [3.63, 3.8) is 0 Å². The number of hydrogen-bond acceptors (Lipinski definition) is 1. The SMILES string of the molecule is COc1ccccc1/C=C(\B(c1ccc(F)cc1)c1ccc(F)cc1)c1ccc(F)cc1. The highest BCUT2D eigenvalue weighted by molar-refractivity contribution is 7.00. The molecule has 0 saturated heterocycles. The molecule has 0 heterocycles. The first-order valence-corrected chi connectivity index (χ1v) is 10.2. The maximum Gasteiger partial charge on any atom is 0.241 e. The first-order valence-electron chi connectivity index (χ1n) is 10.2. The quantitative estimate of drug-likeness (QED) is 0.291. The number of benzene rings is 4. The highest BCUT2D eigenvalue weighted by atomic mass is 19.1. The molecule has 0 aliphatic carbocycles. The van der Waals surface area contributed by atoms with Crippen LogP contribution in [-0.4, -0.2) is 13.8 Å². The maximum absolute atomic E-state index is 13.7. The Morgan fingerprint density at radius 1 is 0.656 bits per heavy atom. The van der Waals surface area contributed by atoms with E-state index in [1.165, 1.54) is 36.4 Å². The number of hydrogen-bond donors (Lipinski definition) is 0. The molecule has 0 fully saturated rings. The van der Waals surface area contributed by atoms with E-state index in [2.05, 4.69) is 0 Å². The van der Waals surface area contributed by atoms with Crippen LogP contribution >= 0.6 is 0 Å². The highest BCUT2D eigenvalue weighted by Crippen LogP contribution is 2.27. The van der Waals surface area contributed by atoms with Gasteiger partial charge in [-0.2, -0.15) is 0 Å². The van der Waals surface area contributed by atoms with E-state index in [1.807, 2.05) is 30.3 Å². The third-order valence-corrected chi connectivity index (χ3v) is 5.35. The van der Waals surface area contributed by atoms with Crippen molar-refractivity contribution in [3.05, 3.63) is 126 Å². The summed E-state index contributed by atoms with van der Waals surface area (Å²) in [6, 6.07) is 26.2. The van der Waals surface area contributed by atoms with Crippen LogP contribution in [-0.2, 0) is 0 Å². The van der Waals surface area contributed by atoms with E-state index in [0.717, 1.165) is 27.5 Å². The zero-order valence-electron chi connectivity index (χ0n) is 17.4. The number of ether oxygens (including phenoxy) is 1. The molecule has 32 heavy (non-hydrogen) atoms. The predicted molar refractivity (Wildman–Crippen MR) is 125 cm³/mol. The zero-order valence-corrected chi connectivity index (χ0v) is 17.4. The van der Waals surface area contributed by atoms with Crippen LogP contribution in [0.5, 0.6) is 5.75 Å². The van der Waals surface area contributed by atoms with Crippen LogP contribution in [0.15, 0.2) is 97.1 Å². The Morgan fingerprint density at radius 3 is 1.62 bits per heavy atom. The molecule has 0 aliphatic heterocycles. The minimum atomic E-state index is -0.355. The molecule has 4 rings (SSSR count). The van der Waals surface area contributed by atoms with Gasteiger partial charge >= 0.3 is 0 Å². The Kier molecular flexibility index (Phi) is 6.46. The van der Waals surface area contributed by atoms with Gasteiger partial charge in [0.1, 0.15) is 23.2 Å². The molecule has 0 atom stereocenters. The van der Waals surface area contributed by atoms with Gasteiger partial charge in [0, 0.05) is 5.56 Å². The average molecular weight is 428 g/mol. The molecule has 0 radical (unpaired) electrons. The van der Waals surface area contributed by atoms with Crippen LogP contribution in [0.2, 0.25) is 0 Å². The molecule has 0 spiro atoms. The van der Waals surface area contributed by atoms with E-state index < -0.39 is 0 Å². The molecule has 0 unspecified atom stereocenters. The summed E-state index contributed by atoms with van der Waals surface area (Å²) in [5.74, 6) is -0.345. The summed E-state index contributed by atoms with van der Waals surface area (Å²) in [6.07, 6.45) is 1.98. The number of methoxy groups -OCH3 is 1. The summed E-state index contributed by atoms with van der Waals surface area (Å²) in [5, 5.41) is 0. The standard InChI is InChI=1S/C27H20BF3O/c1-32-27-5-3-2-4-20(27)18-26(19-6-12-23(29)13-7-19)28(21-8-14-24(30)15-9-21)22-10-16-25(31)17-11-22/h2-18H,1H3/b26-18-. The van der Waals surface area contributed by atoms with Gasteiger partial charge in [-0.3, -0.25) is 0 Å². The Balaban J connectivity index is 1.97. The van der Waals surface area contributed by atoms with E-state index in [0.29, 0.717) is 5.75 Å².